The molecule has 0 aliphatic rings. The number of benzene rings is 1. The van der Waals surface area contributed by atoms with Crippen LogP contribution in [0.4, 0.5) is 0 Å². The van der Waals surface area contributed by atoms with Gasteiger partial charge >= 0.3 is 5.97 Å². The Hall–Kier alpha value is -1.92. The van der Waals surface area contributed by atoms with E-state index in [0.29, 0.717) is 6.61 Å². The number of ether oxygens (including phenoxy) is 1. The van der Waals surface area contributed by atoms with Gasteiger partial charge in [0.2, 0.25) is 0 Å². The Morgan fingerprint density at radius 1 is 1.24 bits per heavy atom. The van der Waals surface area contributed by atoms with E-state index < -0.39 is 14.4 Å². The molecule has 0 saturated heterocycles. The van der Waals surface area contributed by atoms with Crippen LogP contribution in [0.1, 0.15) is 38.1 Å². The first-order valence-electron chi connectivity index (χ1n) is 8.45. The molecule has 2 rings (SSSR count). The molecule has 1 atom stereocenters. The average Bonchev–Trinajstić information content (AvgIpc) is 3.01. The van der Waals surface area contributed by atoms with Gasteiger partial charge in [0.15, 0.2) is 14.4 Å². The van der Waals surface area contributed by atoms with E-state index in [-0.39, 0.29) is 11.0 Å². The Bertz CT molecular complexity index is 705. The molecule has 0 amide bonds. The summed E-state index contributed by atoms with van der Waals surface area (Å²) in [5.74, 6) is -0.322. The fourth-order valence-corrected chi connectivity index (χ4v) is 3.25. The second-order valence-corrected chi connectivity index (χ2v) is 12.5. The molecule has 0 saturated carbocycles. The van der Waals surface area contributed by atoms with Gasteiger partial charge in [-0.15, -0.1) is 0 Å². The van der Waals surface area contributed by atoms with Crippen molar-refractivity contribution in [2.45, 2.75) is 51.6 Å². The Morgan fingerprint density at radius 2 is 1.88 bits per heavy atom. The lowest BCUT2D eigenvalue weighted by molar-refractivity contribution is -0.143. The molecule has 1 heterocycles. The molecular weight excluding hydrogens is 332 g/mol. The van der Waals surface area contributed by atoms with Crippen LogP contribution in [0.2, 0.25) is 18.1 Å². The van der Waals surface area contributed by atoms with E-state index >= 15 is 0 Å². The van der Waals surface area contributed by atoms with Crippen LogP contribution >= 0.6 is 0 Å². The van der Waals surface area contributed by atoms with Crippen LogP contribution < -0.4 is 0 Å². The van der Waals surface area contributed by atoms with Crippen molar-refractivity contribution < 1.29 is 14.0 Å². The molecule has 1 unspecified atom stereocenters. The second-order valence-electron chi connectivity index (χ2n) is 7.68. The summed E-state index contributed by atoms with van der Waals surface area (Å²) in [6.07, 6.45) is 3.42. The van der Waals surface area contributed by atoms with Crippen LogP contribution in [0.5, 0.6) is 0 Å². The Kier molecular flexibility index (Phi) is 5.85. The molecule has 0 fully saturated rings. The molecule has 0 N–H and O–H groups in total. The lowest BCUT2D eigenvalue weighted by Crippen LogP contribution is -2.40. The highest BCUT2D eigenvalue weighted by Gasteiger charge is 2.37. The second kappa shape index (κ2) is 7.54. The number of nitrogens with zero attached hydrogens (tertiary/aromatic N) is 2. The minimum absolute atomic E-state index is 0.124. The maximum Gasteiger partial charge on any atom is 0.333 e. The summed E-state index contributed by atoms with van der Waals surface area (Å²) in [5.41, 5.74) is 1.73. The van der Waals surface area contributed by atoms with Crippen molar-refractivity contribution in [1.82, 2.24) is 9.55 Å². The summed E-state index contributed by atoms with van der Waals surface area (Å²) < 4.78 is 13.2. The first-order valence-corrected chi connectivity index (χ1v) is 11.4. The predicted molar refractivity (Wildman–Crippen MR) is 101 cm³/mol. The minimum atomic E-state index is -1.89. The average molecular weight is 361 g/mol. The number of hydrogen-bond donors (Lipinski definition) is 0. The number of esters is 1. The van der Waals surface area contributed by atoms with Gasteiger partial charge in [0.05, 0.1) is 31.9 Å². The molecule has 136 valence electrons. The van der Waals surface area contributed by atoms with Crippen molar-refractivity contribution in [3.8, 4) is 0 Å². The Labute approximate surface area is 151 Å². The highest BCUT2D eigenvalue weighted by Crippen LogP contribution is 2.37. The first-order chi connectivity index (χ1) is 11.7. The van der Waals surface area contributed by atoms with Crippen molar-refractivity contribution >= 4 is 14.3 Å². The minimum Gasteiger partial charge on any atom is -0.467 e. The van der Waals surface area contributed by atoms with Crippen LogP contribution in [0, 0.1) is 0 Å². The van der Waals surface area contributed by atoms with E-state index in [1.54, 1.807) is 12.5 Å². The molecule has 1 aromatic carbocycles. The first kappa shape index (κ1) is 19.4. The zero-order valence-corrected chi connectivity index (χ0v) is 16.9. The van der Waals surface area contributed by atoms with Gasteiger partial charge < -0.3 is 13.7 Å². The molecule has 0 radical (unpaired) electrons. The van der Waals surface area contributed by atoms with Crippen LogP contribution in [0.3, 0.4) is 0 Å². The van der Waals surface area contributed by atoms with Crippen molar-refractivity contribution in [2.75, 3.05) is 7.11 Å². The van der Waals surface area contributed by atoms with Crippen LogP contribution in [-0.4, -0.2) is 30.9 Å². The van der Waals surface area contributed by atoms with Gasteiger partial charge in [-0.3, -0.25) is 0 Å². The SMILES string of the molecule is COC(=O)C(c1ccccc1)n1cncc1CO[Si](C)(C)C(C)(C)C. The molecule has 25 heavy (non-hydrogen) atoms. The van der Waals surface area contributed by atoms with Gasteiger partial charge in [0, 0.05) is 0 Å². The summed E-state index contributed by atoms with van der Waals surface area (Å²) >= 11 is 0. The zero-order chi connectivity index (χ0) is 18.7. The monoisotopic (exact) mass is 360 g/mol. The summed E-state index contributed by atoms with van der Waals surface area (Å²) in [6.45, 7) is 11.5. The fourth-order valence-electron chi connectivity index (χ4n) is 2.30. The van der Waals surface area contributed by atoms with Crippen LogP contribution in [0.15, 0.2) is 42.9 Å². The summed E-state index contributed by atoms with van der Waals surface area (Å²) in [7, 11) is -0.487. The third kappa shape index (κ3) is 4.38. The van der Waals surface area contributed by atoms with Gasteiger partial charge in [0.25, 0.3) is 0 Å². The van der Waals surface area contributed by atoms with Gasteiger partial charge in [0.1, 0.15) is 0 Å². The van der Waals surface area contributed by atoms with E-state index in [1.165, 1.54) is 7.11 Å². The van der Waals surface area contributed by atoms with Gasteiger partial charge in [-0.25, -0.2) is 9.78 Å². The molecule has 2 aromatic rings. The van der Waals surface area contributed by atoms with E-state index in [9.17, 15) is 4.79 Å². The smallest absolute Gasteiger partial charge is 0.333 e. The lowest BCUT2D eigenvalue weighted by Gasteiger charge is -2.36. The maximum atomic E-state index is 12.4. The number of carbonyl (C=O) groups excluding carboxylic acids is 1. The van der Waals surface area contributed by atoms with Crippen molar-refractivity contribution in [3.63, 3.8) is 0 Å². The quantitative estimate of drug-likeness (QED) is 0.573. The number of hydrogen-bond acceptors (Lipinski definition) is 4. The van der Waals surface area contributed by atoms with Crippen molar-refractivity contribution in [1.29, 1.82) is 0 Å². The molecular formula is C19H28N2O3Si. The summed E-state index contributed by atoms with van der Waals surface area (Å²) in [4.78, 5) is 16.7. The number of aromatic nitrogens is 2. The molecule has 0 aliphatic carbocycles. The number of methoxy groups -OCH3 is 1. The summed E-state index contributed by atoms with van der Waals surface area (Å²) in [5, 5.41) is 0.124. The topological polar surface area (TPSA) is 53.4 Å². The molecule has 0 aliphatic heterocycles. The predicted octanol–water partition coefficient (Wildman–Crippen LogP) is 4.17. The number of carbonyl (C=O) groups is 1. The van der Waals surface area contributed by atoms with E-state index in [4.69, 9.17) is 9.16 Å². The molecule has 0 spiro atoms. The molecule has 0 bridgehead atoms. The van der Waals surface area contributed by atoms with E-state index in [2.05, 4.69) is 38.8 Å². The lowest BCUT2D eigenvalue weighted by atomic mass is 10.1. The molecule has 1 aromatic heterocycles. The van der Waals surface area contributed by atoms with Gasteiger partial charge in [-0.1, -0.05) is 51.1 Å². The van der Waals surface area contributed by atoms with E-state index in [1.807, 2.05) is 34.9 Å². The highest BCUT2D eigenvalue weighted by molar-refractivity contribution is 6.74. The highest BCUT2D eigenvalue weighted by atomic mass is 28.4. The summed E-state index contributed by atoms with van der Waals surface area (Å²) in [6, 6.07) is 9.02. The van der Waals surface area contributed by atoms with Gasteiger partial charge in [-0.05, 0) is 23.7 Å². The van der Waals surface area contributed by atoms with Gasteiger partial charge in [-0.2, -0.15) is 0 Å². The van der Waals surface area contributed by atoms with E-state index in [0.717, 1.165) is 11.3 Å². The third-order valence-corrected chi connectivity index (χ3v) is 9.43. The van der Waals surface area contributed by atoms with Crippen molar-refractivity contribution in [2.24, 2.45) is 0 Å². The largest absolute Gasteiger partial charge is 0.467 e. The van der Waals surface area contributed by atoms with Crippen LogP contribution in [-0.2, 0) is 20.6 Å². The zero-order valence-electron chi connectivity index (χ0n) is 15.9. The maximum absolute atomic E-state index is 12.4. The molecule has 5 nitrogen and oxygen atoms in total. The normalized spacial score (nSPS) is 13.5. The number of imidazole rings is 1. The molecule has 6 heteroatoms. The fraction of sp³-hybridized carbons (Fsp3) is 0.474. The third-order valence-electron chi connectivity index (χ3n) is 4.95. The van der Waals surface area contributed by atoms with Crippen molar-refractivity contribution in [3.05, 3.63) is 54.1 Å². The Morgan fingerprint density at radius 3 is 2.44 bits per heavy atom. The van der Waals surface area contributed by atoms with Crippen LogP contribution in [0.25, 0.3) is 0 Å². The number of rotatable bonds is 6. The standard InChI is InChI=1S/C19H28N2O3Si/c1-19(2,3)25(5,6)24-13-16-12-20-14-21(16)17(18(22)23-4)15-10-8-7-9-11-15/h7-12,14,17H,13H2,1-6H3. The Balaban J connectivity index is 2.30.